The average Bonchev–Trinajstić information content (AvgIpc) is 3.47. The number of carboxylic acid groups (broad SMARTS) is 2. The summed E-state index contributed by atoms with van der Waals surface area (Å²) >= 11 is 8.30. The number of carboxylic acids is 2. The number of pyridine rings is 1. The first-order valence-corrected chi connectivity index (χ1v) is 17.6. The topological polar surface area (TPSA) is 132 Å². The number of hydrogen-bond acceptors (Lipinski definition) is 8. The number of halogens is 7. The lowest BCUT2D eigenvalue weighted by molar-refractivity contribution is -0.193. The van der Waals surface area contributed by atoms with Gasteiger partial charge in [0, 0.05) is 60.1 Å². The summed E-state index contributed by atoms with van der Waals surface area (Å²) in [6.07, 6.45) is -4.31. The third-order valence-electron chi connectivity index (χ3n) is 8.26. The molecule has 10 nitrogen and oxygen atoms in total. The lowest BCUT2D eigenvalue weighted by Gasteiger charge is -2.37. The highest BCUT2D eigenvalue weighted by Crippen LogP contribution is 2.38. The number of amides is 1. The SMILES string of the molecule is CCOc1ccc(-c2ccc(N(C)C)nc2)cc1CN(C(=O)c1sc2ccccc2c1Cl)C1CCC(NC)CC1.O=C(O)C(F)(F)F.O=C(O)C(F)(F)F. The molecular formula is C36H39ClF6N4O6S. The number of aliphatic carboxylic acids is 2. The normalized spacial score (nSPS) is 15.6. The summed E-state index contributed by atoms with van der Waals surface area (Å²) in [5.41, 5.74) is 3.05. The third kappa shape index (κ3) is 11.9. The molecule has 1 aliphatic carbocycles. The Kier molecular flexibility index (Phi) is 15.5. The van der Waals surface area contributed by atoms with Crippen molar-refractivity contribution in [2.75, 3.05) is 32.6 Å². The number of carbonyl (C=O) groups excluding carboxylic acids is 1. The molecule has 0 saturated heterocycles. The molecule has 0 bridgehead atoms. The van der Waals surface area contributed by atoms with E-state index in [1.165, 1.54) is 11.3 Å². The minimum Gasteiger partial charge on any atom is -0.494 e. The molecule has 1 fully saturated rings. The molecule has 1 aliphatic rings. The zero-order valence-electron chi connectivity index (χ0n) is 29.6. The Bertz CT molecular complexity index is 1860. The Labute approximate surface area is 316 Å². The second kappa shape index (κ2) is 19.1. The summed E-state index contributed by atoms with van der Waals surface area (Å²) < 4.78 is 70.6. The Morgan fingerprint density at radius 2 is 1.50 bits per heavy atom. The van der Waals surface area contributed by atoms with Crippen LogP contribution in [0.15, 0.2) is 60.8 Å². The molecule has 0 atom stereocenters. The minimum atomic E-state index is -5.08. The highest BCUT2D eigenvalue weighted by atomic mass is 35.5. The number of rotatable bonds is 9. The molecule has 0 spiro atoms. The van der Waals surface area contributed by atoms with E-state index < -0.39 is 24.3 Å². The number of carbonyl (C=O) groups is 3. The van der Waals surface area contributed by atoms with E-state index in [2.05, 4.69) is 28.5 Å². The van der Waals surface area contributed by atoms with Crippen molar-refractivity contribution in [2.24, 2.45) is 0 Å². The van der Waals surface area contributed by atoms with Crippen LogP contribution in [0, 0.1) is 0 Å². The standard InChI is InChI=1S/C32H37ClN4O2S.2C2HF3O2/c1-5-39-27-16-10-21(22-11-17-29(35-19-22)36(3)4)18-23(27)20-37(25-14-12-24(34-2)13-15-25)32(38)31-30(33)26-8-6-7-9-28(26)40-31;2*3-2(4,5)1(6)7/h6-11,16-19,24-25,34H,5,12-15,20H2,1-4H3;2*(H,6,7). The second-order valence-electron chi connectivity index (χ2n) is 12.1. The highest BCUT2D eigenvalue weighted by Gasteiger charge is 2.39. The van der Waals surface area contributed by atoms with Crippen molar-refractivity contribution in [2.45, 2.75) is 63.6 Å². The largest absolute Gasteiger partial charge is 0.494 e. The van der Waals surface area contributed by atoms with Gasteiger partial charge >= 0.3 is 24.3 Å². The fourth-order valence-electron chi connectivity index (χ4n) is 5.51. The zero-order chi connectivity index (χ0) is 40.4. The van der Waals surface area contributed by atoms with Crippen molar-refractivity contribution in [1.29, 1.82) is 0 Å². The van der Waals surface area contributed by atoms with Gasteiger partial charge in [-0.3, -0.25) is 4.79 Å². The van der Waals surface area contributed by atoms with Crippen LogP contribution in [0.3, 0.4) is 0 Å². The van der Waals surface area contributed by atoms with Crippen LogP contribution in [0.2, 0.25) is 5.02 Å². The van der Waals surface area contributed by atoms with Crippen molar-refractivity contribution in [3.05, 3.63) is 76.3 Å². The molecule has 2 aromatic carbocycles. The summed E-state index contributed by atoms with van der Waals surface area (Å²) in [6, 6.07) is 18.9. The quantitative estimate of drug-likeness (QED) is 0.143. The fraction of sp³-hybridized carbons (Fsp3) is 0.389. The van der Waals surface area contributed by atoms with Gasteiger partial charge in [0.05, 0.1) is 11.6 Å². The van der Waals surface area contributed by atoms with E-state index in [1.54, 1.807) is 0 Å². The number of thiophene rings is 1. The van der Waals surface area contributed by atoms with Gasteiger partial charge in [-0.25, -0.2) is 14.6 Å². The highest BCUT2D eigenvalue weighted by molar-refractivity contribution is 7.21. The van der Waals surface area contributed by atoms with Gasteiger partial charge < -0.3 is 30.1 Å². The maximum absolute atomic E-state index is 14.3. The van der Waals surface area contributed by atoms with Gasteiger partial charge in [-0.05, 0) is 75.5 Å². The van der Waals surface area contributed by atoms with Gasteiger partial charge in [0.2, 0.25) is 0 Å². The molecule has 0 unspecified atom stereocenters. The molecule has 54 heavy (non-hydrogen) atoms. The van der Waals surface area contributed by atoms with Crippen LogP contribution >= 0.6 is 22.9 Å². The van der Waals surface area contributed by atoms with Gasteiger partial charge in [0.1, 0.15) is 16.4 Å². The van der Waals surface area contributed by atoms with Crippen LogP contribution in [0.1, 0.15) is 47.8 Å². The number of anilines is 1. The first kappa shape index (κ1) is 43.8. The van der Waals surface area contributed by atoms with Crippen LogP contribution in [0.5, 0.6) is 5.75 Å². The van der Waals surface area contributed by atoms with E-state index in [0.717, 1.165) is 64.0 Å². The molecule has 1 saturated carbocycles. The van der Waals surface area contributed by atoms with Crippen LogP contribution in [0.4, 0.5) is 32.2 Å². The van der Waals surface area contributed by atoms with Gasteiger partial charge in [-0.2, -0.15) is 26.3 Å². The van der Waals surface area contributed by atoms with Gasteiger partial charge in [0.25, 0.3) is 5.91 Å². The summed E-state index contributed by atoms with van der Waals surface area (Å²) in [6.45, 7) is 2.99. The van der Waals surface area contributed by atoms with Gasteiger partial charge in [0.15, 0.2) is 0 Å². The molecule has 1 amide bonds. The molecule has 4 aromatic rings. The molecule has 2 aromatic heterocycles. The number of nitrogens with one attached hydrogen (secondary N) is 1. The number of nitrogens with zero attached hydrogens (tertiary/aromatic N) is 3. The van der Waals surface area contributed by atoms with E-state index >= 15 is 0 Å². The van der Waals surface area contributed by atoms with Crippen molar-refractivity contribution in [3.8, 4) is 16.9 Å². The van der Waals surface area contributed by atoms with Crippen molar-refractivity contribution in [3.63, 3.8) is 0 Å². The van der Waals surface area contributed by atoms with Crippen LogP contribution in [0.25, 0.3) is 21.2 Å². The number of fused-ring (bicyclic) bond motifs is 1. The molecule has 3 N–H and O–H groups in total. The maximum Gasteiger partial charge on any atom is 0.490 e. The first-order chi connectivity index (χ1) is 25.3. The molecule has 5 rings (SSSR count). The van der Waals surface area contributed by atoms with E-state index in [1.807, 2.05) is 80.5 Å². The lowest BCUT2D eigenvalue weighted by atomic mass is 9.89. The maximum atomic E-state index is 14.3. The molecular weight excluding hydrogens is 766 g/mol. The van der Waals surface area contributed by atoms with Crippen molar-refractivity contribution >= 4 is 56.7 Å². The summed E-state index contributed by atoms with van der Waals surface area (Å²) in [7, 11) is 5.98. The van der Waals surface area contributed by atoms with E-state index in [-0.39, 0.29) is 11.9 Å². The number of aromatic nitrogens is 1. The Hall–Kier alpha value is -4.61. The van der Waals surface area contributed by atoms with Crippen LogP contribution < -0.4 is 15.0 Å². The monoisotopic (exact) mass is 804 g/mol. The Morgan fingerprint density at radius 3 is 1.98 bits per heavy atom. The van der Waals surface area contributed by atoms with Crippen LogP contribution in [-0.2, 0) is 16.1 Å². The van der Waals surface area contributed by atoms with E-state index in [0.29, 0.717) is 29.1 Å². The van der Waals surface area contributed by atoms with E-state index in [9.17, 15) is 31.1 Å². The Morgan fingerprint density at radius 1 is 0.926 bits per heavy atom. The number of hydrogen-bond donors (Lipinski definition) is 3. The fourth-order valence-corrected chi connectivity index (χ4v) is 6.98. The van der Waals surface area contributed by atoms with Crippen molar-refractivity contribution in [1.82, 2.24) is 15.2 Å². The van der Waals surface area contributed by atoms with Crippen molar-refractivity contribution < 1.29 is 55.7 Å². The molecule has 2 heterocycles. The summed E-state index contributed by atoms with van der Waals surface area (Å²) in [4.78, 5) is 41.3. The molecule has 294 valence electrons. The second-order valence-corrected chi connectivity index (χ2v) is 13.6. The number of ether oxygens (including phenoxy) is 1. The smallest absolute Gasteiger partial charge is 0.490 e. The molecule has 0 aliphatic heterocycles. The van der Waals surface area contributed by atoms with Crippen LogP contribution in [-0.4, -0.2) is 90.1 Å². The minimum absolute atomic E-state index is 0.0102. The van der Waals surface area contributed by atoms with Gasteiger partial charge in [-0.15, -0.1) is 11.3 Å². The third-order valence-corrected chi connectivity index (χ3v) is 9.92. The summed E-state index contributed by atoms with van der Waals surface area (Å²) in [5, 5.41) is 19.1. The average molecular weight is 805 g/mol. The van der Waals surface area contributed by atoms with E-state index in [4.69, 9.17) is 36.1 Å². The number of benzene rings is 2. The first-order valence-electron chi connectivity index (χ1n) is 16.4. The predicted octanol–water partition coefficient (Wildman–Crippen LogP) is 8.52. The molecule has 0 radical (unpaired) electrons. The zero-order valence-corrected chi connectivity index (χ0v) is 31.2. The lowest BCUT2D eigenvalue weighted by Crippen LogP contribution is -2.44. The predicted molar refractivity (Wildman–Crippen MR) is 194 cm³/mol. The van der Waals surface area contributed by atoms with Gasteiger partial charge in [-0.1, -0.05) is 35.9 Å². The molecule has 18 heteroatoms. The number of alkyl halides is 6. The summed E-state index contributed by atoms with van der Waals surface area (Å²) in [5.74, 6) is -3.82. The Balaban J connectivity index is 0.000000476.